The molecule has 0 amide bonds. The number of rotatable bonds is 5. The first-order chi connectivity index (χ1) is 14.0. The molecule has 0 aliphatic heterocycles. The zero-order valence-corrected chi connectivity index (χ0v) is 17.1. The highest BCUT2D eigenvalue weighted by molar-refractivity contribution is 7.99. The monoisotopic (exact) mass is 420 g/mol. The molecule has 0 aliphatic carbocycles. The first-order valence-electron chi connectivity index (χ1n) is 8.94. The van der Waals surface area contributed by atoms with Crippen LogP contribution in [0.4, 0.5) is 0 Å². The maximum atomic E-state index is 11.4. The van der Waals surface area contributed by atoms with Crippen molar-refractivity contribution in [2.75, 3.05) is 0 Å². The highest BCUT2D eigenvalue weighted by Gasteiger charge is 2.16. The van der Waals surface area contributed by atoms with Crippen LogP contribution in [0, 0.1) is 6.92 Å². The zero-order chi connectivity index (χ0) is 20.4. The summed E-state index contributed by atoms with van der Waals surface area (Å²) in [6.45, 7) is 1.80. The van der Waals surface area contributed by atoms with E-state index in [4.69, 9.17) is 16.7 Å². The maximum absolute atomic E-state index is 11.4. The fourth-order valence-electron chi connectivity index (χ4n) is 3.03. The van der Waals surface area contributed by atoms with Crippen molar-refractivity contribution in [2.24, 2.45) is 0 Å². The Bertz CT molecular complexity index is 1170. The van der Waals surface area contributed by atoms with Gasteiger partial charge in [0.05, 0.1) is 16.1 Å². The lowest BCUT2D eigenvalue weighted by Crippen LogP contribution is -1.99. The summed E-state index contributed by atoms with van der Waals surface area (Å²) in [5.41, 5.74) is 3.62. The van der Waals surface area contributed by atoms with E-state index in [-0.39, 0.29) is 0 Å². The molecule has 0 atom stereocenters. The standard InChI is InChI=1S/C23H17ClN2O2S/c1-15-13-16(7-12-20(15)23(27)28)22-21(29-19-10-8-17(24)9-11-19)14-26(25-22)18-5-3-2-4-6-18/h2-14H,1H3,(H,27,28). The van der Waals surface area contributed by atoms with Crippen molar-refractivity contribution < 1.29 is 9.90 Å². The predicted molar refractivity (Wildman–Crippen MR) is 116 cm³/mol. The third-order valence-corrected chi connectivity index (χ3v) is 5.75. The van der Waals surface area contributed by atoms with Gasteiger partial charge in [-0.1, -0.05) is 47.6 Å². The maximum Gasteiger partial charge on any atom is 0.335 e. The minimum Gasteiger partial charge on any atom is -0.478 e. The van der Waals surface area contributed by atoms with Crippen molar-refractivity contribution in [1.82, 2.24) is 9.78 Å². The zero-order valence-electron chi connectivity index (χ0n) is 15.5. The van der Waals surface area contributed by atoms with Gasteiger partial charge in [-0.15, -0.1) is 0 Å². The van der Waals surface area contributed by atoms with E-state index in [1.807, 2.05) is 71.5 Å². The molecule has 1 N–H and O–H groups in total. The van der Waals surface area contributed by atoms with E-state index >= 15 is 0 Å². The number of halogens is 1. The Morgan fingerprint density at radius 3 is 2.41 bits per heavy atom. The van der Waals surface area contributed by atoms with Crippen LogP contribution in [0.1, 0.15) is 15.9 Å². The molecule has 1 aromatic heterocycles. The Balaban J connectivity index is 1.80. The van der Waals surface area contributed by atoms with E-state index in [1.54, 1.807) is 30.8 Å². The lowest BCUT2D eigenvalue weighted by molar-refractivity contribution is 0.0696. The van der Waals surface area contributed by atoms with Crippen LogP contribution in [0.3, 0.4) is 0 Å². The molecular formula is C23H17ClN2O2S. The first-order valence-corrected chi connectivity index (χ1v) is 10.1. The fraction of sp³-hybridized carbons (Fsp3) is 0.0435. The second kappa shape index (κ2) is 8.15. The van der Waals surface area contributed by atoms with Crippen LogP contribution in [-0.2, 0) is 0 Å². The van der Waals surface area contributed by atoms with Crippen LogP contribution in [0.25, 0.3) is 16.9 Å². The first kappa shape index (κ1) is 19.3. The normalized spacial score (nSPS) is 10.8. The summed E-state index contributed by atoms with van der Waals surface area (Å²) in [5, 5.41) is 14.8. The summed E-state index contributed by atoms with van der Waals surface area (Å²) in [4.78, 5) is 13.4. The molecule has 4 rings (SSSR count). The van der Waals surface area contributed by atoms with Crippen LogP contribution >= 0.6 is 23.4 Å². The molecule has 0 radical (unpaired) electrons. The minimum atomic E-state index is -0.931. The van der Waals surface area contributed by atoms with Gasteiger partial charge in [0, 0.05) is 21.7 Å². The van der Waals surface area contributed by atoms with E-state index in [1.165, 1.54) is 0 Å². The van der Waals surface area contributed by atoms with Crippen LogP contribution in [-0.4, -0.2) is 20.9 Å². The smallest absolute Gasteiger partial charge is 0.335 e. The average molecular weight is 421 g/mol. The summed E-state index contributed by atoms with van der Waals surface area (Å²) in [7, 11) is 0. The molecule has 0 spiro atoms. The molecule has 1 heterocycles. The number of aromatic nitrogens is 2. The van der Waals surface area contributed by atoms with E-state index in [2.05, 4.69) is 0 Å². The Labute approximate surface area is 177 Å². The number of para-hydroxylation sites is 1. The SMILES string of the molecule is Cc1cc(-c2nn(-c3ccccc3)cc2Sc2ccc(Cl)cc2)ccc1C(=O)O. The lowest BCUT2D eigenvalue weighted by Gasteiger charge is -2.06. The van der Waals surface area contributed by atoms with Crippen molar-refractivity contribution in [2.45, 2.75) is 16.7 Å². The van der Waals surface area contributed by atoms with Gasteiger partial charge in [0.15, 0.2) is 0 Å². The van der Waals surface area contributed by atoms with Gasteiger partial charge in [-0.25, -0.2) is 9.48 Å². The van der Waals surface area contributed by atoms with E-state index < -0.39 is 5.97 Å². The Hall–Kier alpha value is -3.02. The van der Waals surface area contributed by atoms with Crippen molar-refractivity contribution in [3.8, 4) is 16.9 Å². The second-order valence-corrected chi connectivity index (χ2v) is 8.06. The Kier molecular flexibility index (Phi) is 5.43. The molecule has 144 valence electrons. The van der Waals surface area contributed by atoms with Gasteiger partial charge in [0.1, 0.15) is 5.69 Å². The van der Waals surface area contributed by atoms with Crippen molar-refractivity contribution in [1.29, 1.82) is 0 Å². The number of aryl methyl sites for hydroxylation is 1. The number of hydrogen-bond donors (Lipinski definition) is 1. The molecule has 0 saturated heterocycles. The third kappa shape index (κ3) is 4.21. The molecule has 4 nitrogen and oxygen atoms in total. The number of benzene rings is 3. The lowest BCUT2D eigenvalue weighted by atomic mass is 10.0. The third-order valence-electron chi connectivity index (χ3n) is 4.47. The quantitative estimate of drug-likeness (QED) is 0.408. The molecule has 3 aromatic carbocycles. The molecule has 6 heteroatoms. The molecule has 29 heavy (non-hydrogen) atoms. The van der Waals surface area contributed by atoms with Crippen molar-refractivity contribution >= 4 is 29.3 Å². The summed E-state index contributed by atoms with van der Waals surface area (Å²) < 4.78 is 1.84. The van der Waals surface area contributed by atoms with Gasteiger partial charge in [0.25, 0.3) is 0 Å². The summed E-state index contributed by atoms with van der Waals surface area (Å²) in [5.74, 6) is -0.931. The molecular weight excluding hydrogens is 404 g/mol. The summed E-state index contributed by atoms with van der Waals surface area (Å²) in [6.07, 6.45) is 1.99. The molecule has 0 aliphatic rings. The van der Waals surface area contributed by atoms with Gasteiger partial charge in [-0.05, 0) is 61.0 Å². The highest BCUT2D eigenvalue weighted by Crippen LogP contribution is 2.37. The van der Waals surface area contributed by atoms with E-state index in [0.717, 1.165) is 26.7 Å². The van der Waals surface area contributed by atoms with Crippen molar-refractivity contribution in [3.63, 3.8) is 0 Å². The number of hydrogen-bond acceptors (Lipinski definition) is 3. The molecule has 0 fully saturated rings. The van der Waals surface area contributed by atoms with Gasteiger partial charge < -0.3 is 5.11 Å². The fourth-order valence-corrected chi connectivity index (χ4v) is 4.09. The molecule has 0 unspecified atom stereocenters. The van der Waals surface area contributed by atoms with Crippen molar-refractivity contribution in [3.05, 3.63) is 95.1 Å². The second-order valence-electron chi connectivity index (χ2n) is 6.51. The average Bonchev–Trinajstić information content (AvgIpc) is 3.14. The van der Waals surface area contributed by atoms with Crippen LogP contribution < -0.4 is 0 Å². The van der Waals surface area contributed by atoms with Gasteiger partial charge in [-0.2, -0.15) is 5.10 Å². The van der Waals surface area contributed by atoms with E-state index in [9.17, 15) is 9.90 Å². The summed E-state index contributed by atoms with van der Waals surface area (Å²) in [6, 6.07) is 22.8. The highest BCUT2D eigenvalue weighted by atomic mass is 35.5. The van der Waals surface area contributed by atoms with Gasteiger partial charge >= 0.3 is 5.97 Å². The van der Waals surface area contributed by atoms with Crippen LogP contribution in [0.2, 0.25) is 5.02 Å². The van der Waals surface area contributed by atoms with E-state index in [0.29, 0.717) is 16.1 Å². The molecule has 0 saturated carbocycles. The largest absolute Gasteiger partial charge is 0.478 e. The van der Waals surface area contributed by atoms with Crippen LogP contribution in [0.15, 0.2) is 88.8 Å². The van der Waals surface area contributed by atoms with Gasteiger partial charge in [-0.3, -0.25) is 0 Å². The Morgan fingerprint density at radius 2 is 1.76 bits per heavy atom. The minimum absolute atomic E-state index is 0.295. The number of aromatic carboxylic acids is 1. The molecule has 4 aromatic rings. The van der Waals surface area contributed by atoms with Gasteiger partial charge in [0.2, 0.25) is 0 Å². The van der Waals surface area contributed by atoms with Crippen LogP contribution in [0.5, 0.6) is 0 Å². The summed E-state index contributed by atoms with van der Waals surface area (Å²) >= 11 is 7.60. The number of carbonyl (C=O) groups is 1. The Morgan fingerprint density at radius 1 is 1.03 bits per heavy atom. The molecule has 0 bridgehead atoms. The topological polar surface area (TPSA) is 55.1 Å². The predicted octanol–water partition coefficient (Wildman–Crippen LogP) is 6.35. The number of carboxylic acid groups (broad SMARTS) is 1. The number of nitrogens with zero attached hydrogens (tertiary/aromatic N) is 2. The number of carboxylic acids is 1.